The monoisotopic (exact) mass is 302 g/mol. The fraction of sp³-hybridized carbons (Fsp3) is 0.400. The van der Waals surface area contributed by atoms with Gasteiger partial charge in [0.05, 0.1) is 24.2 Å². The molecule has 1 saturated heterocycles. The molecule has 0 amide bonds. The Hall–Kier alpha value is -2.41. The van der Waals surface area contributed by atoms with Crippen LogP contribution in [0.2, 0.25) is 0 Å². The predicted octanol–water partition coefficient (Wildman–Crippen LogP) is 2.01. The Morgan fingerprint density at radius 3 is 3.05 bits per heavy atom. The quantitative estimate of drug-likeness (QED) is 0.638. The first-order valence-corrected chi connectivity index (χ1v) is 7.22. The van der Waals surface area contributed by atoms with Gasteiger partial charge in [-0.05, 0) is 25.1 Å². The zero-order valence-corrected chi connectivity index (χ0v) is 12.4. The zero-order valence-electron chi connectivity index (χ0n) is 12.4. The highest BCUT2D eigenvalue weighted by Gasteiger charge is 2.22. The van der Waals surface area contributed by atoms with Crippen LogP contribution in [0.15, 0.2) is 36.7 Å². The molecule has 3 rings (SSSR count). The highest BCUT2D eigenvalue weighted by atomic mass is 16.6. The second kappa shape index (κ2) is 6.15. The summed E-state index contributed by atoms with van der Waals surface area (Å²) in [6.45, 7) is 4.64. The minimum atomic E-state index is -0.348. The number of aromatic nitrogens is 2. The van der Waals surface area contributed by atoms with Crippen molar-refractivity contribution in [2.24, 2.45) is 0 Å². The minimum absolute atomic E-state index is 0.0594. The van der Waals surface area contributed by atoms with E-state index in [2.05, 4.69) is 10.00 Å². The van der Waals surface area contributed by atoms with Crippen molar-refractivity contribution < 1.29 is 9.66 Å². The van der Waals surface area contributed by atoms with Crippen molar-refractivity contribution in [1.29, 1.82) is 0 Å². The number of hydrogen-bond donors (Lipinski definition) is 0. The van der Waals surface area contributed by atoms with Gasteiger partial charge in [-0.2, -0.15) is 5.10 Å². The molecule has 1 aliphatic rings. The lowest BCUT2D eigenvalue weighted by Gasteiger charge is -2.34. The van der Waals surface area contributed by atoms with Crippen LogP contribution < -0.4 is 4.90 Å². The molecule has 1 aliphatic heterocycles. The van der Waals surface area contributed by atoms with E-state index in [1.54, 1.807) is 25.3 Å². The Kier molecular flexibility index (Phi) is 4.06. The molecule has 116 valence electrons. The van der Waals surface area contributed by atoms with Crippen LogP contribution >= 0.6 is 0 Å². The average molecular weight is 302 g/mol. The predicted molar refractivity (Wildman–Crippen MR) is 82.0 cm³/mol. The van der Waals surface area contributed by atoms with Gasteiger partial charge < -0.3 is 9.64 Å². The SMILES string of the molecule is Cc1cc(N2CCOC(Cn3cccn3)C2)ccc1[N+](=O)[O-]. The molecule has 1 aromatic heterocycles. The highest BCUT2D eigenvalue weighted by Crippen LogP contribution is 2.25. The summed E-state index contributed by atoms with van der Waals surface area (Å²) in [5.41, 5.74) is 1.83. The van der Waals surface area contributed by atoms with Crippen molar-refractivity contribution in [1.82, 2.24) is 9.78 Å². The molecule has 2 aromatic rings. The van der Waals surface area contributed by atoms with Gasteiger partial charge in [0.25, 0.3) is 5.69 Å². The molecule has 0 saturated carbocycles. The molecule has 0 spiro atoms. The third-order valence-corrected chi connectivity index (χ3v) is 3.83. The molecule has 1 aromatic carbocycles. The molecule has 0 radical (unpaired) electrons. The topological polar surface area (TPSA) is 73.4 Å². The summed E-state index contributed by atoms with van der Waals surface area (Å²) < 4.78 is 7.64. The Balaban J connectivity index is 1.71. The summed E-state index contributed by atoms with van der Waals surface area (Å²) in [4.78, 5) is 12.8. The molecule has 0 bridgehead atoms. The van der Waals surface area contributed by atoms with Crippen molar-refractivity contribution in [2.45, 2.75) is 19.6 Å². The second-order valence-electron chi connectivity index (χ2n) is 5.39. The smallest absolute Gasteiger partial charge is 0.272 e. The van der Waals surface area contributed by atoms with Crippen molar-refractivity contribution in [3.63, 3.8) is 0 Å². The Morgan fingerprint density at radius 2 is 2.36 bits per heavy atom. The van der Waals surface area contributed by atoms with E-state index >= 15 is 0 Å². The van der Waals surface area contributed by atoms with E-state index in [-0.39, 0.29) is 16.7 Å². The van der Waals surface area contributed by atoms with Crippen LogP contribution in [0.3, 0.4) is 0 Å². The number of anilines is 1. The molecule has 22 heavy (non-hydrogen) atoms. The van der Waals surface area contributed by atoms with E-state index in [1.807, 2.05) is 23.0 Å². The number of nitro benzene ring substituents is 1. The maximum Gasteiger partial charge on any atom is 0.272 e. The standard InChI is InChI=1S/C15H18N4O3/c1-12-9-13(3-4-15(12)19(20)21)17-7-8-22-14(10-17)11-18-6-2-5-16-18/h2-6,9,14H,7-8,10-11H2,1H3. The van der Waals surface area contributed by atoms with Crippen molar-refractivity contribution in [3.8, 4) is 0 Å². The van der Waals surface area contributed by atoms with Crippen LogP contribution in [0.4, 0.5) is 11.4 Å². The molecular formula is C15H18N4O3. The maximum atomic E-state index is 10.9. The molecule has 0 aliphatic carbocycles. The normalized spacial score (nSPS) is 18.4. The highest BCUT2D eigenvalue weighted by molar-refractivity contribution is 5.55. The number of aryl methyl sites for hydroxylation is 1. The van der Waals surface area contributed by atoms with Gasteiger partial charge in [-0.1, -0.05) is 0 Å². The van der Waals surface area contributed by atoms with Gasteiger partial charge in [-0.15, -0.1) is 0 Å². The Morgan fingerprint density at radius 1 is 1.50 bits per heavy atom. The van der Waals surface area contributed by atoms with Crippen LogP contribution in [0.1, 0.15) is 5.56 Å². The van der Waals surface area contributed by atoms with E-state index in [0.29, 0.717) is 18.7 Å². The van der Waals surface area contributed by atoms with Crippen LogP contribution in [0.5, 0.6) is 0 Å². The van der Waals surface area contributed by atoms with Crippen molar-refractivity contribution in [3.05, 3.63) is 52.3 Å². The number of ether oxygens (including phenoxy) is 1. The Labute approximate surface area is 128 Å². The molecule has 7 heteroatoms. The van der Waals surface area contributed by atoms with Crippen LogP contribution in [0, 0.1) is 17.0 Å². The fourth-order valence-corrected chi connectivity index (χ4v) is 2.72. The van der Waals surface area contributed by atoms with Gasteiger partial charge in [0.15, 0.2) is 0 Å². The number of hydrogen-bond acceptors (Lipinski definition) is 5. The largest absolute Gasteiger partial charge is 0.373 e. The van der Waals surface area contributed by atoms with Gasteiger partial charge in [0.1, 0.15) is 0 Å². The third-order valence-electron chi connectivity index (χ3n) is 3.83. The summed E-state index contributed by atoms with van der Waals surface area (Å²) >= 11 is 0. The number of benzene rings is 1. The molecular weight excluding hydrogens is 284 g/mol. The van der Waals surface area contributed by atoms with Gasteiger partial charge in [-0.25, -0.2) is 0 Å². The summed E-state index contributed by atoms with van der Waals surface area (Å²) in [6.07, 6.45) is 3.72. The van der Waals surface area contributed by atoms with Gasteiger partial charge >= 0.3 is 0 Å². The van der Waals surface area contributed by atoms with Gasteiger partial charge in [0, 0.05) is 42.8 Å². The first-order chi connectivity index (χ1) is 10.6. The molecule has 1 fully saturated rings. The molecule has 1 unspecified atom stereocenters. The second-order valence-corrected chi connectivity index (χ2v) is 5.39. The lowest BCUT2D eigenvalue weighted by atomic mass is 10.1. The number of nitrogens with zero attached hydrogens (tertiary/aromatic N) is 4. The van der Waals surface area contributed by atoms with Gasteiger partial charge in [-0.3, -0.25) is 14.8 Å². The van der Waals surface area contributed by atoms with Crippen LogP contribution in [-0.2, 0) is 11.3 Å². The molecule has 7 nitrogen and oxygen atoms in total. The van der Waals surface area contributed by atoms with E-state index < -0.39 is 0 Å². The maximum absolute atomic E-state index is 10.9. The van der Waals surface area contributed by atoms with E-state index in [0.717, 1.165) is 18.8 Å². The fourth-order valence-electron chi connectivity index (χ4n) is 2.72. The van der Waals surface area contributed by atoms with Crippen LogP contribution in [-0.4, -0.2) is 40.5 Å². The number of nitro groups is 1. The lowest BCUT2D eigenvalue weighted by Crippen LogP contribution is -2.44. The van der Waals surface area contributed by atoms with E-state index in [4.69, 9.17) is 4.74 Å². The number of rotatable bonds is 4. The average Bonchev–Trinajstić information content (AvgIpc) is 3.00. The van der Waals surface area contributed by atoms with E-state index in [9.17, 15) is 10.1 Å². The van der Waals surface area contributed by atoms with Gasteiger partial charge in [0.2, 0.25) is 0 Å². The first-order valence-electron chi connectivity index (χ1n) is 7.22. The van der Waals surface area contributed by atoms with E-state index in [1.165, 1.54) is 0 Å². The van der Waals surface area contributed by atoms with Crippen molar-refractivity contribution in [2.75, 3.05) is 24.6 Å². The minimum Gasteiger partial charge on any atom is -0.373 e. The molecule has 2 heterocycles. The molecule has 0 N–H and O–H groups in total. The third kappa shape index (κ3) is 3.09. The molecule has 1 atom stereocenters. The number of morpholine rings is 1. The summed E-state index contributed by atoms with van der Waals surface area (Å²) in [6, 6.07) is 7.14. The zero-order chi connectivity index (χ0) is 15.5. The van der Waals surface area contributed by atoms with Crippen molar-refractivity contribution >= 4 is 11.4 Å². The first kappa shape index (κ1) is 14.5. The summed E-state index contributed by atoms with van der Waals surface area (Å²) in [5.74, 6) is 0. The summed E-state index contributed by atoms with van der Waals surface area (Å²) in [5, 5.41) is 15.1. The van der Waals surface area contributed by atoms with Crippen LogP contribution in [0.25, 0.3) is 0 Å². The Bertz CT molecular complexity index is 657. The lowest BCUT2D eigenvalue weighted by molar-refractivity contribution is -0.385. The summed E-state index contributed by atoms with van der Waals surface area (Å²) in [7, 11) is 0.